The van der Waals surface area contributed by atoms with Crippen molar-refractivity contribution in [3.05, 3.63) is 39.9 Å². The van der Waals surface area contributed by atoms with E-state index >= 15 is 0 Å². The predicted molar refractivity (Wildman–Crippen MR) is 62.6 cm³/mol. The van der Waals surface area contributed by atoms with Crippen LogP contribution < -0.4 is 0 Å². The lowest BCUT2D eigenvalue weighted by Crippen LogP contribution is -2.19. The first-order valence-electron chi connectivity index (χ1n) is 4.74. The summed E-state index contributed by atoms with van der Waals surface area (Å²) in [5.74, 6) is 0.408. The molecule has 1 atom stereocenters. The van der Waals surface area contributed by atoms with Gasteiger partial charge in [-0.15, -0.1) is 0 Å². The Labute approximate surface area is 98.6 Å². The largest absolute Gasteiger partial charge is 0.394 e. The Balaban J connectivity index is 2.60. The fraction of sp³-hybridized carbons (Fsp3) is 0.400. The molecular formula is C10H13NO4S. The Morgan fingerprint density at radius 3 is 2.88 bits per heavy atom. The number of non-ortho nitro benzene ring substituents is 1. The molecule has 0 saturated heterocycles. The summed E-state index contributed by atoms with van der Waals surface area (Å²) < 4.78 is 5.31. The highest BCUT2D eigenvalue weighted by Crippen LogP contribution is 2.14. The van der Waals surface area contributed by atoms with Gasteiger partial charge in [-0.05, 0) is 5.56 Å². The van der Waals surface area contributed by atoms with E-state index in [2.05, 4.69) is 12.6 Å². The molecule has 0 heterocycles. The van der Waals surface area contributed by atoms with Gasteiger partial charge in [0.2, 0.25) is 0 Å². The van der Waals surface area contributed by atoms with Crippen molar-refractivity contribution in [2.24, 2.45) is 0 Å². The maximum Gasteiger partial charge on any atom is 0.269 e. The quantitative estimate of drug-likeness (QED) is 0.450. The fourth-order valence-corrected chi connectivity index (χ4v) is 1.36. The minimum Gasteiger partial charge on any atom is -0.394 e. The zero-order valence-electron chi connectivity index (χ0n) is 8.57. The average molecular weight is 243 g/mol. The van der Waals surface area contributed by atoms with Crippen molar-refractivity contribution in [2.75, 3.05) is 12.4 Å². The molecular weight excluding hydrogens is 230 g/mol. The fourth-order valence-electron chi connectivity index (χ4n) is 1.14. The second kappa shape index (κ2) is 6.47. The third-order valence-corrected chi connectivity index (χ3v) is 2.42. The zero-order chi connectivity index (χ0) is 12.0. The predicted octanol–water partition coefficient (Wildman–Crippen LogP) is 1.40. The van der Waals surface area contributed by atoms with Gasteiger partial charge in [0.25, 0.3) is 5.69 Å². The lowest BCUT2D eigenvalue weighted by atomic mass is 10.2. The van der Waals surface area contributed by atoms with Gasteiger partial charge in [0, 0.05) is 17.9 Å². The van der Waals surface area contributed by atoms with Gasteiger partial charge in [-0.2, -0.15) is 12.6 Å². The molecule has 1 aromatic carbocycles. The molecule has 88 valence electrons. The van der Waals surface area contributed by atoms with Gasteiger partial charge in [-0.3, -0.25) is 10.1 Å². The number of nitro groups is 1. The third-order valence-electron chi connectivity index (χ3n) is 2.01. The van der Waals surface area contributed by atoms with Crippen LogP contribution in [-0.2, 0) is 11.3 Å². The van der Waals surface area contributed by atoms with Gasteiger partial charge in [-0.25, -0.2) is 0 Å². The normalized spacial score (nSPS) is 12.4. The molecule has 0 aromatic heterocycles. The van der Waals surface area contributed by atoms with Gasteiger partial charge in [0.15, 0.2) is 0 Å². The first-order valence-corrected chi connectivity index (χ1v) is 5.37. The summed E-state index contributed by atoms with van der Waals surface area (Å²) in [6.07, 6.45) is -0.345. The van der Waals surface area contributed by atoms with Gasteiger partial charge in [-0.1, -0.05) is 12.1 Å². The van der Waals surface area contributed by atoms with E-state index in [0.717, 1.165) is 0 Å². The molecule has 16 heavy (non-hydrogen) atoms. The first kappa shape index (κ1) is 13.0. The molecule has 1 unspecified atom stereocenters. The molecule has 6 heteroatoms. The summed E-state index contributed by atoms with van der Waals surface area (Å²) in [5.41, 5.74) is 0.738. The molecule has 0 fully saturated rings. The number of rotatable bonds is 6. The Kier molecular flexibility index (Phi) is 5.24. The number of hydrogen-bond donors (Lipinski definition) is 2. The Bertz CT molecular complexity index is 354. The van der Waals surface area contributed by atoms with Gasteiger partial charge in [0.05, 0.1) is 24.2 Å². The van der Waals surface area contributed by atoms with Crippen LogP contribution in [0.15, 0.2) is 24.3 Å². The molecule has 0 bridgehead atoms. The van der Waals surface area contributed by atoms with E-state index in [4.69, 9.17) is 9.84 Å². The highest BCUT2D eigenvalue weighted by molar-refractivity contribution is 7.80. The zero-order valence-corrected chi connectivity index (χ0v) is 9.47. The van der Waals surface area contributed by atoms with Crippen molar-refractivity contribution >= 4 is 18.3 Å². The molecule has 1 aromatic rings. The van der Waals surface area contributed by atoms with Crippen molar-refractivity contribution in [2.45, 2.75) is 12.7 Å². The van der Waals surface area contributed by atoms with Crippen LogP contribution in [0.4, 0.5) is 5.69 Å². The minimum atomic E-state index is -0.453. The van der Waals surface area contributed by atoms with E-state index in [9.17, 15) is 10.1 Å². The molecule has 5 nitrogen and oxygen atoms in total. The molecule has 0 amide bonds. The summed E-state index contributed by atoms with van der Waals surface area (Å²) in [6, 6.07) is 6.21. The van der Waals surface area contributed by atoms with Gasteiger partial charge >= 0.3 is 0 Å². The average Bonchev–Trinajstić information content (AvgIpc) is 2.31. The van der Waals surface area contributed by atoms with Gasteiger partial charge < -0.3 is 9.84 Å². The van der Waals surface area contributed by atoms with Crippen molar-refractivity contribution in [3.63, 3.8) is 0 Å². The smallest absolute Gasteiger partial charge is 0.269 e. The van der Waals surface area contributed by atoms with Crippen LogP contribution in [0, 0.1) is 10.1 Å². The number of aliphatic hydroxyl groups is 1. The van der Waals surface area contributed by atoms with Crippen LogP contribution in [0.2, 0.25) is 0 Å². The van der Waals surface area contributed by atoms with E-state index in [1.54, 1.807) is 12.1 Å². The topological polar surface area (TPSA) is 72.6 Å². The highest BCUT2D eigenvalue weighted by atomic mass is 32.1. The summed E-state index contributed by atoms with van der Waals surface area (Å²) in [7, 11) is 0. The van der Waals surface area contributed by atoms with E-state index in [-0.39, 0.29) is 25.0 Å². The SMILES string of the molecule is O=[N+]([O-])c1cccc(COC(CO)CS)c1. The Morgan fingerprint density at radius 1 is 1.56 bits per heavy atom. The van der Waals surface area contributed by atoms with Crippen LogP contribution in [0.25, 0.3) is 0 Å². The number of aliphatic hydroxyl groups excluding tert-OH is 1. The van der Waals surface area contributed by atoms with Gasteiger partial charge in [0.1, 0.15) is 0 Å². The molecule has 0 aliphatic heterocycles. The minimum absolute atomic E-state index is 0.0347. The summed E-state index contributed by atoms with van der Waals surface area (Å²) in [4.78, 5) is 10.1. The third kappa shape index (κ3) is 3.80. The molecule has 0 aliphatic rings. The van der Waals surface area contributed by atoms with Crippen LogP contribution in [0.1, 0.15) is 5.56 Å². The first-order chi connectivity index (χ1) is 7.67. The van der Waals surface area contributed by atoms with Crippen LogP contribution in [0.3, 0.4) is 0 Å². The van der Waals surface area contributed by atoms with Crippen LogP contribution in [-0.4, -0.2) is 28.5 Å². The van der Waals surface area contributed by atoms with Crippen molar-refractivity contribution in [1.29, 1.82) is 0 Å². The molecule has 0 spiro atoms. The van der Waals surface area contributed by atoms with E-state index < -0.39 is 4.92 Å². The van der Waals surface area contributed by atoms with E-state index in [0.29, 0.717) is 11.3 Å². The number of benzene rings is 1. The van der Waals surface area contributed by atoms with E-state index in [1.807, 2.05) is 0 Å². The van der Waals surface area contributed by atoms with E-state index in [1.165, 1.54) is 12.1 Å². The standard InChI is InChI=1S/C10H13NO4S/c12-5-10(7-16)15-6-8-2-1-3-9(4-8)11(13)14/h1-4,10,12,16H,5-7H2. The maximum atomic E-state index is 10.5. The Hall–Kier alpha value is -1.11. The molecule has 0 saturated carbocycles. The lowest BCUT2D eigenvalue weighted by molar-refractivity contribution is -0.385. The van der Waals surface area contributed by atoms with Crippen molar-refractivity contribution < 1.29 is 14.8 Å². The number of thiol groups is 1. The Morgan fingerprint density at radius 2 is 2.31 bits per heavy atom. The second-order valence-electron chi connectivity index (χ2n) is 3.23. The number of nitrogens with zero attached hydrogens (tertiary/aromatic N) is 1. The highest BCUT2D eigenvalue weighted by Gasteiger charge is 2.08. The maximum absolute atomic E-state index is 10.5. The molecule has 0 radical (unpaired) electrons. The number of nitro benzene ring substituents is 1. The lowest BCUT2D eigenvalue weighted by Gasteiger charge is -2.12. The number of ether oxygens (including phenoxy) is 1. The van der Waals surface area contributed by atoms with Crippen LogP contribution >= 0.6 is 12.6 Å². The molecule has 1 N–H and O–H groups in total. The summed E-state index contributed by atoms with van der Waals surface area (Å²) in [5, 5.41) is 19.4. The molecule has 0 aliphatic carbocycles. The van der Waals surface area contributed by atoms with Crippen LogP contribution in [0.5, 0.6) is 0 Å². The van der Waals surface area contributed by atoms with Crippen molar-refractivity contribution in [1.82, 2.24) is 0 Å². The van der Waals surface area contributed by atoms with Crippen molar-refractivity contribution in [3.8, 4) is 0 Å². The monoisotopic (exact) mass is 243 g/mol. The molecule has 1 rings (SSSR count). The summed E-state index contributed by atoms with van der Waals surface area (Å²) in [6.45, 7) is 0.117. The second-order valence-corrected chi connectivity index (χ2v) is 3.59. The summed E-state index contributed by atoms with van der Waals surface area (Å²) >= 11 is 4.00. The number of hydrogen-bond acceptors (Lipinski definition) is 5.